The Balaban J connectivity index is 2.07. The molecule has 0 aromatic heterocycles. The van der Waals surface area contributed by atoms with Gasteiger partial charge in [0.25, 0.3) is 0 Å². The van der Waals surface area contributed by atoms with Crippen LogP contribution in [0.5, 0.6) is 0 Å². The van der Waals surface area contributed by atoms with Crippen LogP contribution >= 0.6 is 0 Å². The molecule has 58 valence electrons. The SMILES string of the molecule is C[C@H](CC(=O)O)NC1CC1. The quantitative estimate of drug-likeness (QED) is 0.606. The van der Waals surface area contributed by atoms with E-state index in [9.17, 15) is 4.79 Å². The summed E-state index contributed by atoms with van der Waals surface area (Å²) < 4.78 is 0. The zero-order chi connectivity index (χ0) is 7.56. The molecule has 0 radical (unpaired) electrons. The Labute approximate surface area is 60.4 Å². The topological polar surface area (TPSA) is 49.3 Å². The summed E-state index contributed by atoms with van der Waals surface area (Å²) in [7, 11) is 0. The van der Waals surface area contributed by atoms with Gasteiger partial charge in [-0.2, -0.15) is 0 Å². The third-order valence-electron chi connectivity index (χ3n) is 1.58. The van der Waals surface area contributed by atoms with E-state index in [1.54, 1.807) is 0 Å². The summed E-state index contributed by atoms with van der Waals surface area (Å²) in [4.78, 5) is 10.2. The summed E-state index contributed by atoms with van der Waals surface area (Å²) in [5.74, 6) is -0.722. The largest absolute Gasteiger partial charge is 0.481 e. The van der Waals surface area contributed by atoms with E-state index in [2.05, 4.69) is 5.32 Å². The fourth-order valence-corrected chi connectivity index (χ4v) is 0.973. The second kappa shape index (κ2) is 3.01. The van der Waals surface area contributed by atoms with Crippen LogP contribution in [0, 0.1) is 0 Å². The maximum Gasteiger partial charge on any atom is 0.304 e. The molecule has 0 aromatic rings. The van der Waals surface area contributed by atoms with Crippen LogP contribution < -0.4 is 5.32 Å². The van der Waals surface area contributed by atoms with Crippen LogP contribution in [0.3, 0.4) is 0 Å². The third-order valence-corrected chi connectivity index (χ3v) is 1.58. The van der Waals surface area contributed by atoms with Gasteiger partial charge in [0.15, 0.2) is 0 Å². The van der Waals surface area contributed by atoms with Crippen molar-refractivity contribution in [3.8, 4) is 0 Å². The van der Waals surface area contributed by atoms with Crippen molar-refractivity contribution < 1.29 is 9.90 Å². The first-order valence-electron chi connectivity index (χ1n) is 3.66. The second-order valence-electron chi connectivity index (χ2n) is 2.94. The lowest BCUT2D eigenvalue weighted by Crippen LogP contribution is -2.30. The standard InChI is InChI=1S/C7H13NO2/c1-5(4-7(9)10)8-6-2-3-6/h5-6,8H,2-4H2,1H3,(H,9,10)/t5-/m1/s1. The highest BCUT2D eigenvalue weighted by molar-refractivity contribution is 5.67. The third kappa shape index (κ3) is 2.82. The highest BCUT2D eigenvalue weighted by Gasteiger charge is 2.23. The van der Waals surface area contributed by atoms with Crippen molar-refractivity contribution in [3.63, 3.8) is 0 Å². The molecular formula is C7H13NO2. The van der Waals surface area contributed by atoms with Gasteiger partial charge >= 0.3 is 5.97 Å². The van der Waals surface area contributed by atoms with Crippen LogP contribution in [0.2, 0.25) is 0 Å². The Hall–Kier alpha value is -0.570. The smallest absolute Gasteiger partial charge is 0.304 e. The molecule has 1 saturated carbocycles. The van der Waals surface area contributed by atoms with Gasteiger partial charge in [-0.1, -0.05) is 0 Å². The molecule has 0 aromatic carbocycles. The number of carboxylic acid groups (broad SMARTS) is 1. The molecule has 2 N–H and O–H groups in total. The van der Waals surface area contributed by atoms with Crippen LogP contribution in [0.15, 0.2) is 0 Å². The number of carboxylic acids is 1. The molecule has 1 atom stereocenters. The molecule has 0 unspecified atom stereocenters. The van der Waals surface area contributed by atoms with Gasteiger partial charge in [-0.15, -0.1) is 0 Å². The van der Waals surface area contributed by atoms with Crippen molar-refractivity contribution in [2.24, 2.45) is 0 Å². The zero-order valence-corrected chi connectivity index (χ0v) is 6.13. The van der Waals surface area contributed by atoms with Gasteiger partial charge in [-0.3, -0.25) is 4.79 Å². The maximum absolute atomic E-state index is 10.2. The Morgan fingerprint density at radius 1 is 1.80 bits per heavy atom. The fraction of sp³-hybridized carbons (Fsp3) is 0.857. The van der Waals surface area contributed by atoms with Crippen LogP contribution in [0.1, 0.15) is 26.2 Å². The first-order chi connectivity index (χ1) is 4.68. The minimum Gasteiger partial charge on any atom is -0.481 e. The van der Waals surface area contributed by atoms with Crippen molar-refractivity contribution in [1.29, 1.82) is 0 Å². The monoisotopic (exact) mass is 143 g/mol. The van der Waals surface area contributed by atoms with Crippen molar-refractivity contribution in [3.05, 3.63) is 0 Å². The molecule has 0 aliphatic heterocycles. The van der Waals surface area contributed by atoms with Gasteiger partial charge in [0.1, 0.15) is 0 Å². The molecule has 10 heavy (non-hydrogen) atoms. The normalized spacial score (nSPS) is 20.5. The summed E-state index contributed by atoms with van der Waals surface area (Å²) in [5, 5.41) is 11.6. The van der Waals surface area contributed by atoms with E-state index in [1.807, 2.05) is 6.92 Å². The Morgan fingerprint density at radius 2 is 2.40 bits per heavy atom. The van der Waals surface area contributed by atoms with Crippen LogP contribution in [0.25, 0.3) is 0 Å². The predicted octanol–water partition coefficient (Wildman–Crippen LogP) is 0.602. The highest BCUT2D eigenvalue weighted by Crippen LogP contribution is 2.19. The molecule has 0 heterocycles. The predicted molar refractivity (Wildman–Crippen MR) is 37.9 cm³/mol. The molecule has 3 nitrogen and oxygen atoms in total. The van der Waals surface area contributed by atoms with Crippen LogP contribution in [-0.4, -0.2) is 23.2 Å². The van der Waals surface area contributed by atoms with Crippen LogP contribution in [0.4, 0.5) is 0 Å². The zero-order valence-electron chi connectivity index (χ0n) is 6.13. The Morgan fingerprint density at radius 3 is 2.80 bits per heavy atom. The van der Waals surface area contributed by atoms with E-state index in [0.29, 0.717) is 6.04 Å². The van der Waals surface area contributed by atoms with Gasteiger partial charge in [-0.05, 0) is 19.8 Å². The lowest BCUT2D eigenvalue weighted by molar-refractivity contribution is -0.137. The van der Waals surface area contributed by atoms with Crippen LogP contribution in [-0.2, 0) is 4.79 Å². The summed E-state index contributed by atoms with van der Waals surface area (Å²) >= 11 is 0. The van der Waals surface area contributed by atoms with E-state index in [-0.39, 0.29) is 12.5 Å². The Kier molecular flexibility index (Phi) is 2.27. The number of hydrogen-bond acceptors (Lipinski definition) is 2. The minimum absolute atomic E-state index is 0.130. The van der Waals surface area contributed by atoms with Gasteiger partial charge in [-0.25, -0.2) is 0 Å². The van der Waals surface area contributed by atoms with E-state index in [4.69, 9.17) is 5.11 Å². The highest BCUT2D eigenvalue weighted by atomic mass is 16.4. The second-order valence-corrected chi connectivity index (χ2v) is 2.94. The van der Waals surface area contributed by atoms with E-state index in [0.717, 1.165) is 0 Å². The first-order valence-corrected chi connectivity index (χ1v) is 3.66. The molecule has 0 spiro atoms. The molecular weight excluding hydrogens is 130 g/mol. The maximum atomic E-state index is 10.2. The first kappa shape index (κ1) is 7.54. The lowest BCUT2D eigenvalue weighted by Gasteiger charge is -2.08. The number of nitrogens with one attached hydrogen (secondary N) is 1. The number of rotatable bonds is 4. The lowest BCUT2D eigenvalue weighted by atomic mass is 10.2. The van der Waals surface area contributed by atoms with Gasteiger partial charge < -0.3 is 10.4 Å². The van der Waals surface area contributed by atoms with Crippen molar-refractivity contribution in [1.82, 2.24) is 5.32 Å². The van der Waals surface area contributed by atoms with Gasteiger partial charge in [0.2, 0.25) is 0 Å². The molecule has 1 aliphatic carbocycles. The molecule has 1 fully saturated rings. The van der Waals surface area contributed by atoms with Crippen molar-refractivity contribution in [2.45, 2.75) is 38.3 Å². The van der Waals surface area contributed by atoms with Crippen molar-refractivity contribution >= 4 is 5.97 Å². The summed E-state index contributed by atoms with van der Waals surface area (Å²) in [6.45, 7) is 1.91. The van der Waals surface area contributed by atoms with Gasteiger partial charge in [0, 0.05) is 12.1 Å². The average Bonchev–Trinajstić information content (AvgIpc) is 2.46. The number of hydrogen-bond donors (Lipinski definition) is 2. The van der Waals surface area contributed by atoms with Gasteiger partial charge in [0.05, 0.1) is 6.42 Å². The number of aliphatic carboxylic acids is 1. The summed E-state index contributed by atoms with van der Waals surface area (Å²) in [6.07, 6.45) is 2.66. The Bertz CT molecular complexity index is 132. The number of carbonyl (C=O) groups is 1. The van der Waals surface area contributed by atoms with E-state index in [1.165, 1.54) is 12.8 Å². The summed E-state index contributed by atoms with van der Waals surface area (Å²) in [5.41, 5.74) is 0. The fourth-order valence-electron chi connectivity index (χ4n) is 0.973. The average molecular weight is 143 g/mol. The molecule has 1 aliphatic rings. The molecule has 0 amide bonds. The molecule has 1 rings (SSSR count). The van der Waals surface area contributed by atoms with E-state index >= 15 is 0 Å². The van der Waals surface area contributed by atoms with Crippen molar-refractivity contribution in [2.75, 3.05) is 0 Å². The minimum atomic E-state index is -0.722. The molecule has 0 saturated heterocycles. The van der Waals surface area contributed by atoms with E-state index < -0.39 is 5.97 Å². The molecule has 0 bridgehead atoms. The summed E-state index contributed by atoms with van der Waals surface area (Å²) in [6, 6.07) is 0.736. The molecule has 3 heteroatoms.